The van der Waals surface area contributed by atoms with Gasteiger partial charge in [0, 0.05) is 18.1 Å². The quantitative estimate of drug-likeness (QED) is 0.672. The number of benzene rings is 1. The first-order valence-corrected chi connectivity index (χ1v) is 8.94. The molecular formula is C19H32ClN3O. The largest absolute Gasteiger partial charge is 0.353 e. The van der Waals surface area contributed by atoms with Crippen molar-refractivity contribution < 1.29 is 4.79 Å². The fourth-order valence-corrected chi connectivity index (χ4v) is 3.33. The summed E-state index contributed by atoms with van der Waals surface area (Å²) in [5.41, 5.74) is 1.21. The first-order chi connectivity index (χ1) is 11.1. The van der Waals surface area contributed by atoms with Crippen molar-refractivity contribution in [3.8, 4) is 0 Å². The maximum atomic E-state index is 12.3. The fraction of sp³-hybridized carbons (Fsp3) is 0.632. The summed E-state index contributed by atoms with van der Waals surface area (Å²) < 4.78 is 0. The van der Waals surface area contributed by atoms with Crippen molar-refractivity contribution in [2.24, 2.45) is 0 Å². The van der Waals surface area contributed by atoms with Gasteiger partial charge in [0.2, 0.25) is 5.91 Å². The number of carbonyl (C=O) groups excluding carboxylic acids is 1. The van der Waals surface area contributed by atoms with E-state index in [1.807, 2.05) is 6.07 Å². The number of hydrogen-bond acceptors (Lipinski definition) is 3. The molecule has 0 saturated carbocycles. The van der Waals surface area contributed by atoms with Gasteiger partial charge in [-0.2, -0.15) is 0 Å². The van der Waals surface area contributed by atoms with Crippen LogP contribution in [0.25, 0.3) is 0 Å². The highest BCUT2D eigenvalue weighted by molar-refractivity contribution is 5.85. The molecule has 24 heavy (non-hydrogen) atoms. The Morgan fingerprint density at radius 1 is 1.29 bits per heavy atom. The summed E-state index contributed by atoms with van der Waals surface area (Å²) in [6.45, 7) is 8.19. The maximum absolute atomic E-state index is 12.3. The van der Waals surface area contributed by atoms with E-state index in [0.29, 0.717) is 6.54 Å². The van der Waals surface area contributed by atoms with Crippen LogP contribution < -0.4 is 16.0 Å². The average Bonchev–Trinajstić information content (AvgIpc) is 3.14. The van der Waals surface area contributed by atoms with Gasteiger partial charge in [0.25, 0.3) is 0 Å². The minimum Gasteiger partial charge on any atom is -0.353 e. The van der Waals surface area contributed by atoms with Crippen molar-refractivity contribution in [1.82, 2.24) is 16.0 Å². The molecule has 1 aliphatic rings. The second kappa shape index (κ2) is 10.0. The minimum atomic E-state index is -0.0660. The topological polar surface area (TPSA) is 53.2 Å². The van der Waals surface area contributed by atoms with Gasteiger partial charge in [0.05, 0.1) is 6.04 Å². The third-order valence-electron chi connectivity index (χ3n) is 5.15. The Balaban J connectivity index is 0.00000288. The second-order valence-corrected chi connectivity index (χ2v) is 6.63. The molecular weight excluding hydrogens is 322 g/mol. The van der Waals surface area contributed by atoms with E-state index >= 15 is 0 Å². The van der Waals surface area contributed by atoms with Crippen molar-refractivity contribution >= 4 is 18.3 Å². The summed E-state index contributed by atoms with van der Waals surface area (Å²) in [5.74, 6) is 0.142. The molecule has 0 spiro atoms. The molecule has 0 radical (unpaired) electrons. The van der Waals surface area contributed by atoms with Gasteiger partial charge in [0.1, 0.15) is 0 Å². The highest BCUT2D eigenvalue weighted by Gasteiger charge is 2.30. The van der Waals surface area contributed by atoms with Crippen molar-refractivity contribution in [1.29, 1.82) is 0 Å². The van der Waals surface area contributed by atoms with Crippen LogP contribution in [0.2, 0.25) is 0 Å². The van der Waals surface area contributed by atoms with E-state index in [1.165, 1.54) is 5.56 Å². The van der Waals surface area contributed by atoms with Gasteiger partial charge in [-0.05, 0) is 44.7 Å². The van der Waals surface area contributed by atoms with Gasteiger partial charge < -0.3 is 16.0 Å². The molecule has 1 saturated heterocycles. The molecule has 0 aromatic heterocycles. The highest BCUT2D eigenvalue weighted by Crippen LogP contribution is 2.21. The Morgan fingerprint density at radius 2 is 1.96 bits per heavy atom. The Kier molecular flexibility index (Phi) is 8.74. The maximum Gasteiger partial charge on any atom is 0.237 e. The summed E-state index contributed by atoms with van der Waals surface area (Å²) in [6, 6.07) is 10.7. The van der Waals surface area contributed by atoms with Crippen LogP contribution in [-0.4, -0.2) is 30.6 Å². The first kappa shape index (κ1) is 20.9. The van der Waals surface area contributed by atoms with Crippen LogP contribution in [0, 0.1) is 0 Å². The Labute approximate surface area is 152 Å². The Morgan fingerprint density at radius 3 is 2.50 bits per heavy atom. The van der Waals surface area contributed by atoms with Gasteiger partial charge in [-0.15, -0.1) is 12.4 Å². The molecule has 136 valence electrons. The van der Waals surface area contributed by atoms with Gasteiger partial charge in [-0.25, -0.2) is 0 Å². The normalized spacial score (nSPS) is 18.7. The summed E-state index contributed by atoms with van der Waals surface area (Å²) in [5, 5.41) is 10.2. The van der Waals surface area contributed by atoms with Gasteiger partial charge >= 0.3 is 0 Å². The standard InChI is InChI=1S/C19H31N3O.ClH/c1-4-19(5-2,14-21-18(23)17-12-9-13-20-17)22-15(3)16-10-7-6-8-11-16;/h6-8,10-11,15,17,20,22H,4-5,9,12-14H2,1-3H3,(H,21,23);1H/t15?,17-;/m0./s1. The van der Waals surface area contributed by atoms with Crippen LogP contribution in [0.3, 0.4) is 0 Å². The molecule has 5 heteroatoms. The summed E-state index contributed by atoms with van der Waals surface area (Å²) in [4.78, 5) is 12.3. The lowest BCUT2D eigenvalue weighted by Gasteiger charge is -2.36. The highest BCUT2D eigenvalue weighted by atomic mass is 35.5. The number of halogens is 1. The zero-order chi connectivity index (χ0) is 16.7. The van der Waals surface area contributed by atoms with Gasteiger partial charge in [-0.3, -0.25) is 4.79 Å². The minimum absolute atomic E-state index is 0. The van der Waals surface area contributed by atoms with Crippen molar-refractivity contribution in [3.05, 3.63) is 35.9 Å². The third kappa shape index (κ3) is 5.47. The second-order valence-electron chi connectivity index (χ2n) is 6.63. The van der Waals surface area contributed by atoms with Crippen LogP contribution >= 0.6 is 12.4 Å². The smallest absolute Gasteiger partial charge is 0.237 e. The molecule has 1 amide bonds. The SMILES string of the molecule is CCC(CC)(CNC(=O)[C@@H]1CCCN1)NC(C)c1ccccc1.Cl. The van der Waals surface area contributed by atoms with Crippen LogP contribution in [0.5, 0.6) is 0 Å². The van der Waals surface area contributed by atoms with Crippen molar-refractivity contribution in [3.63, 3.8) is 0 Å². The van der Waals surface area contributed by atoms with E-state index in [2.05, 4.69) is 61.0 Å². The number of carbonyl (C=O) groups is 1. The molecule has 2 atom stereocenters. The molecule has 3 N–H and O–H groups in total. The van der Waals surface area contributed by atoms with E-state index in [1.54, 1.807) is 0 Å². The molecule has 0 aliphatic carbocycles. The monoisotopic (exact) mass is 353 g/mol. The van der Waals surface area contributed by atoms with E-state index in [-0.39, 0.29) is 35.9 Å². The number of amides is 1. The third-order valence-corrected chi connectivity index (χ3v) is 5.15. The zero-order valence-corrected chi connectivity index (χ0v) is 15.9. The van der Waals surface area contributed by atoms with Gasteiger partial charge in [-0.1, -0.05) is 44.2 Å². The van der Waals surface area contributed by atoms with Crippen molar-refractivity contribution in [2.75, 3.05) is 13.1 Å². The number of hydrogen-bond donors (Lipinski definition) is 3. The number of rotatable bonds is 8. The molecule has 1 aromatic carbocycles. The molecule has 1 aliphatic heterocycles. The molecule has 0 bridgehead atoms. The fourth-order valence-electron chi connectivity index (χ4n) is 3.33. The Hall–Kier alpha value is -1.10. The lowest BCUT2D eigenvalue weighted by atomic mass is 9.90. The molecule has 4 nitrogen and oxygen atoms in total. The van der Waals surface area contributed by atoms with Crippen molar-refractivity contribution in [2.45, 2.75) is 64.1 Å². The van der Waals surface area contributed by atoms with E-state index < -0.39 is 0 Å². The molecule has 1 unspecified atom stereocenters. The molecule has 2 rings (SSSR count). The van der Waals surface area contributed by atoms with E-state index in [9.17, 15) is 4.79 Å². The van der Waals surface area contributed by atoms with Gasteiger partial charge in [0.15, 0.2) is 0 Å². The molecule has 1 fully saturated rings. The predicted octanol–water partition coefficient (Wildman–Crippen LogP) is 3.19. The van der Waals surface area contributed by atoms with E-state index in [0.717, 1.165) is 32.2 Å². The van der Waals surface area contributed by atoms with Crippen LogP contribution in [0.15, 0.2) is 30.3 Å². The van der Waals surface area contributed by atoms with Crippen LogP contribution in [0.4, 0.5) is 0 Å². The first-order valence-electron chi connectivity index (χ1n) is 8.94. The lowest BCUT2D eigenvalue weighted by molar-refractivity contribution is -0.123. The lowest BCUT2D eigenvalue weighted by Crippen LogP contribution is -2.55. The summed E-state index contributed by atoms with van der Waals surface area (Å²) >= 11 is 0. The summed E-state index contributed by atoms with van der Waals surface area (Å²) in [7, 11) is 0. The summed E-state index contributed by atoms with van der Waals surface area (Å²) in [6.07, 6.45) is 4.01. The number of nitrogens with one attached hydrogen (secondary N) is 3. The van der Waals surface area contributed by atoms with E-state index in [4.69, 9.17) is 0 Å². The molecule has 1 aromatic rings. The Bertz CT molecular complexity index is 485. The van der Waals surface area contributed by atoms with Crippen LogP contribution in [0.1, 0.15) is 58.1 Å². The zero-order valence-electron chi connectivity index (χ0n) is 15.1. The average molecular weight is 354 g/mol. The molecule has 1 heterocycles. The predicted molar refractivity (Wildman–Crippen MR) is 103 cm³/mol. The van der Waals surface area contributed by atoms with Crippen LogP contribution in [-0.2, 0) is 4.79 Å².